The van der Waals surface area contributed by atoms with E-state index in [4.69, 9.17) is 15.9 Å². The van der Waals surface area contributed by atoms with E-state index < -0.39 is 28.0 Å². The Morgan fingerprint density at radius 1 is 1.02 bits per heavy atom. The number of carbonyl (C=O) groups excluding carboxylic acids is 1. The van der Waals surface area contributed by atoms with Crippen molar-refractivity contribution in [1.82, 2.24) is 4.98 Å². The van der Waals surface area contributed by atoms with Crippen molar-refractivity contribution in [3.05, 3.63) is 84.4 Å². The highest BCUT2D eigenvalue weighted by Crippen LogP contribution is 2.41. The molecule has 4 rings (SSSR count). The van der Waals surface area contributed by atoms with Crippen LogP contribution < -0.4 is 16.2 Å². The number of aliphatic imine (C=N–C) groups is 1. The highest BCUT2D eigenvalue weighted by molar-refractivity contribution is 7.90. The van der Waals surface area contributed by atoms with Crippen molar-refractivity contribution in [2.75, 3.05) is 12.9 Å². The molecule has 224 valence electrons. The number of rotatable bonds is 9. The molecular formula is C29H25F3N4O6S. The summed E-state index contributed by atoms with van der Waals surface area (Å²) >= 11 is 0. The van der Waals surface area contributed by atoms with Crippen molar-refractivity contribution in [1.29, 1.82) is 0 Å². The van der Waals surface area contributed by atoms with Crippen LogP contribution in [0.1, 0.15) is 5.89 Å². The smallest absolute Gasteiger partial charge is 0.443 e. The summed E-state index contributed by atoms with van der Waals surface area (Å²) < 4.78 is 76.9. The largest absolute Gasteiger partial charge is 0.573 e. The third-order valence-corrected chi connectivity index (χ3v) is 6.93. The first kappa shape index (κ1) is 30.8. The maximum absolute atomic E-state index is 12.7. The summed E-state index contributed by atoms with van der Waals surface area (Å²) in [7, 11) is -3.48. The van der Waals surface area contributed by atoms with Gasteiger partial charge in [-0.3, -0.25) is 4.99 Å². The summed E-state index contributed by atoms with van der Waals surface area (Å²) in [6.45, 7) is 1.36. The summed E-state index contributed by atoms with van der Waals surface area (Å²) in [5.74, 6) is 0.123. The number of hydrogen-bond donors (Lipinski definition) is 2. The molecule has 0 aliphatic carbocycles. The van der Waals surface area contributed by atoms with Crippen LogP contribution in [0.3, 0.4) is 0 Å². The molecule has 4 aromatic rings. The number of benzene rings is 3. The van der Waals surface area contributed by atoms with Crippen LogP contribution in [-0.4, -0.2) is 44.9 Å². The molecule has 0 spiro atoms. The molecule has 0 bridgehead atoms. The van der Waals surface area contributed by atoms with Crippen LogP contribution in [0.4, 0.5) is 23.7 Å². The Labute approximate surface area is 244 Å². The Bertz CT molecular complexity index is 1810. The van der Waals surface area contributed by atoms with Gasteiger partial charge in [0.05, 0.1) is 10.6 Å². The van der Waals surface area contributed by atoms with Crippen LogP contribution in [-0.2, 0) is 14.6 Å². The lowest BCUT2D eigenvalue weighted by molar-refractivity contribution is -0.274. The Kier molecular flexibility index (Phi) is 8.90. The second-order valence-electron chi connectivity index (χ2n) is 9.14. The van der Waals surface area contributed by atoms with Gasteiger partial charge in [-0.15, -0.1) is 13.2 Å². The highest BCUT2D eigenvalue weighted by atomic mass is 32.2. The number of nitrogens with two attached hydrogens (primary N) is 2. The molecule has 0 saturated heterocycles. The van der Waals surface area contributed by atoms with Gasteiger partial charge in [0, 0.05) is 36.2 Å². The predicted octanol–water partition coefficient (Wildman–Crippen LogP) is 5.93. The Balaban J connectivity index is 1.82. The fourth-order valence-electron chi connectivity index (χ4n) is 3.95. The number of ether oxygens (including phenoxy) is 2. The zero-order chi connectivity index (χ0) is 31.4. The van der Waals surface area contributed by atoms with E-state index in [1.54, 1.807) is 37.3 Å². The SMILES string of the molecule is Cc1nc(-c2ccc(OC(F)(F)F)cc2)c(-c2cc(-c3cccc(S(C)(=O)=O)c3)ccc2N=CC=C(N)COC(N)=O)o1. The van der Waals surface area contributed by atoms with E-state index in [0.717, 1.165) is 18.4 Å². The summed E-state index contributed by atoms with van der Waals surface area (Å²) in [5.41, 5.74) is 13.7. The van der Waals surface area contributed by atoms with Crippen molar-refractivity contribution in [2.45, 2.75) is 18.2 Å². The summed E-state index contributed by atoms with van der Waals surface area (Å²) in [4.78, 5) is 19.9. The number of primary amides is 1. The first-order valence-electron chi connectivity index (χ1n) is 12.4. The minimum Gasteiger partial charge on any atom is -0.443 e. The predicted molar refractivity (Wildman–Crippen MR) is 153 cm³/mol. The molecule has 0 atom stereocenters. The minimum absolute atomic E-state index is 0.129. The van der Waals surface area contributed by atoms with Gasteiger partial charge in [0.1, 0.15) is 18.1 Å². The molecule has 43 heavy (non-hydrogen) atoms. The number of amides is 1. The van der Waals surface area contributed by atoms with E-state index in [0.29, 0.717) is 33.6 Å². The Hall–Kier alpha value is -5.11. The van der Waals surface area contributed by atoms with Gasteiger partial charge in [0.25, 0.3) is 0 Å². The van der Waals surface area contributed by atoms with Crippen molar-refractivity contribution in [3.63, 3.8) is 0 Å². The number of oxazole rings is 1. The lowest BCUT2D eigenvalue weighted by Gasteiger charge is -2.11. The van der Waals surface area contributed by atoms with Gasteiger partial charge in [-0.1, -0.05) is 18.2 Å². The second kappa shape index (κ2) is 12.4. The second-order valence-corrected chi connectivity index (χ2v) is 11.2. The highest BCUT2D eigenvalue weighted by Gasteiger charge is 2.31. The number of allylic oxidation sites excluding steroid dienone is 1. The Morgan fingerprint density at radius 3 is 2.35 bits per heavy atom. The fourth-order valence-corrected chi connectivity index (χ4v) is 4.62. The quantitative estimate of drug-likeness (QED) is 0.220. The van der Waals surface area contributed by atoms with Crippen LogP contribution in [0.25, 0.3) is 33.7 Å². The maximum Gasteiger partial charge on any atom is 0.573 e. The number of alkyl halides is 3. The monoisotopic (exact) mass is 614 g/mol. The zero-order valence-electron chi connectivity index (χ0n) is 22.8. The van der Waals surface area contributed by atoms with Gasteiger partial charge >= 0.3 is 12.5 Å². The number of nitrogens with zero attached hydrogens (tertiary/aromatic N) is 2. The number of aromatic nitrogens is 1. The number of hydrogen-bond acceptors (Lipinski definition) is 9. The van der Waals surface area contributed by atoms with Crippen LogP contribution >= 0.6 is 0 Å². The number of halogens is 3. The van der Waals surface area contributed by atoms with Crippen molar-refractivity contribution >= 4 is 27.8 Å². The van der Waals surface area contributed by atoms with Crippen molar-refractivity contribution < 1.29 is 40.3 Å². The standard InChI is InChI=1S/C29H25F3N4O6S/c1-17-36-26(18-6-9-22(10-7-18)42-29(30,31)32)27(41-17)24-15-20(19-4-3-5-23(14-19)43(2,38)39)8-11-25(24)35-13-12-21(33)16-40-28(34)37/h3-15H,16,33H2,1-2H3,(H2,34,37). The average Bonchev–Trinajstić information content (AvgIpc) is 3.32. The molecule has 1 aromatic heterocycles. The van der Waals surface area contributed by atoms with Gasteiger partial charge in [0.15, 0.2) is 21.5 Å². The van der Waals surface area contributed by atoms with Gasteiger partial charge < -0.3 is 25.4 Å². The fraction of sp³-hybridized carbons (Fsp3) is 0.138. The lowest BCUT2D eigenvalue weighted by Crippen LogP contribution is -2.17. The number of carbonyl (C=O) groups is 1. The molecule has 0 aliphatic rings. The molecule has 1 heterocycles. The van der Waals surface area contributed by atoms with Crippen LogP contribution in [0.5, 0.6) is 5.75 Å². The maximum atomic E-state index is 12.7. The normalized spacial score (nSPS) is 12.4. The number of sulfone groups is 1. The molecule has 3 aromatic carbocycles. The van der Waals surface area contributed by atoms with Crippen molar-refractivity contribution in [2.24, 2.45) is 16.5 Å². The first-order chi connectivity index (χ1) is 20.2. The van der Waals surface area contributed by atoms with E-state index in [1.807, 2.05) is 0 Å². The first-order valence-corrected chi connectivity index (χ1v) is 14.3. The molecule has 0 fully saturated rings. The zero-order valence-corrected chi connectivity index (χ0v) is 23.6. The number of aryl methyl sites for hydroxylation is 1. The third kappa shape index (κ3) is 8.23. The van der Waals surface area contributed by atoms with Crippen LogP contribution in [0.2, 0.25) is 0 Å². The molecule has 0 aliphatic heterocycles. The third-order valence-electron chi connectivity index (χ3n) is 5.82. The summed E-state index contributed by atoms with van der Waals surface area (Å²) in [6, 6.07) is 16.6. The summed E-state index contributed by atoms with van der Waals surface area (Å²) in [6.07, 6.45) is -1.95. The molecule has 0 saturated carbocycles. The van der Waals surface area contributed by atoms with E-state index in [9.17, 15) is 26.4 Å². The van der Waals surface area contributed by atoms with Crippen LogP contribution in [0.15, 0.2) is 92.8 Å². The summed E-state index contributed by atoms with van der Waals surface area (Å²) in [5, 5.41) is 0. The molecule has 0 unspecified atom stereocenters. The lowest BCUT2D eigenvalue weighted by atomic mass is 9.98. The molecular weight excluding hydrogens is 589 g/mol. The van der Waals surface area contributed by atoms with Crippen molar-refractivity contribution in [3.8, 4) is 39.5 Å². The minimum atomic E-state index is -4.84. The molecule has 14 heteroatoms. The van der Waals surface area contributed by atoms with Gasteiger partial charge in [-0.05, 0) is 65.7 Å². The molecule has 0 radical (unpaired) electrons. The average molecular weight is 615 g/mol. The van der Waals surface area contributed by atoms with E-state index in [-0.39, 0.29) is 28.9 Å². The van der Waals surface area contributed by atoms with Gasteiger partial charge in [-0.2, -0.15) is 0 Å². The molecule has 10 nitrogen and oxygen atoms in total. The van der Waals surface area contributed by atoms with E-state index >= 15 is 0 Å². The van der Waals surface area contributed by atoms with Gasteiger partial charge in [0.2, 0.25) is 0 Å². The molecule has 4 N–H and O–H groups in total. The van der Waals surface area contributed by atoms with E-state index in [1.165, 1.54) is 36.6 Å². The topological polar surface area (TPSA) is 160 Å². The van der Waals surface area contributed by atoms with Gasteiger partial charge in [-0.25, -0.2) is 18.2 Å². The Morgan fingerprint density at radius 2 is 1.70 bits per heavy atom. The van der Waals surface area contributed by atoms with Crippen LogP contribution in [0, 0.1) is 6.92 Å². The van der Waals surface area contributed by atoms with E-state index in [2.05, 4.69) is 19.5 Å². The molecule has 1 amide bonds.